The van der Waals surface area contributed by atoms with E-state index in [1.54, 1.807) is 12.1 Å². The highest BCUT2D eigenvalue weighted by Crippen LogP contribution is 2.39. The maximum atomic E-state index is 13.6. The quantitative estimate of drug-likeness (QED) is 0.911. The van der Waals surface area contributed by atoms with Crippen molar-refractivity contribution in [2.75, 3.05) is 5.32 Å². The second kappa shape index (κ2) is 4.63. The van der Waals surface area contributed by atoms with Crippen molar-refractivity contribution in [3.63, 3.8) is 0 Å². The summed E-state index contributed by atoms with van der Waals surface area (Å²) in [7, 11) is 0. The van der Waals surface area contributed by atoms with Gasteiger partial charge in [-0.1, -0.05) is 6.07 Å². The van der Waals surface area contributed by atoms with Crippen LogP contribution in [-0.2, 0) is 9.53 Å². The molecule has 2 aliphatic heterocycles. The van der Waals surface area contributed by atoms with Crippen molar-refractivity contribution in [2.45, 2.75) is 31.5 Å². The SMILES string of the molecule is O=C(Nc1c(F)cccc1Br)[C@H]1C[C@H]2CC[C@H]1O2. The molecule has 0 aliphatic carbocycles. The van der Waals surface area contributed by atoms with Gasteiger partial charge in [0.05, 0.1) is 23.8 Å². The fraction of sp³-hybridized carbons (Fsp3) is 0.462. The summed E-state index contributed by atoms with van der Waals surface area (Å²) in [5.41, 5.74) is 0.213. The molecule has 2 saturated heterocycles. The predicted molar refractivity (Wildman–Crippen MR) is 68.7 cm³/mol. The van der Waals surface area contributed by atoms with Crippen molar-refractivity contribution >= 4 is 27.5 Å². The van der Waals surface area contributed by atoms with Crippen LogP contribution >= 0.6 is 15.9 Å². The molecule has 18 heavy (non-hydrogen) atoms. The van der Waals surface area contributed by atoms with E-state index >= 15 is 0 Å². The molecular weight excluding hydrogens is 301 g/mol. The van der Waals surface area contributed by atoms with E-state index in [9.17, 15) is 9.18 Å². The Morgan fingerprint density at radius 2 is 2.28 bits per heavy atom. The van der Waals surface area contributed by atoms with Crippen LogP contribution in [0.5, 0.6) is 0 Å². The summed E-state index contributed by atoms with van der Waals surface area (Å²) in [5.74, 6) is -0.718. The van der Waals surface area contributed by atoms with Crippen LogP contribution in [-0.4, -0.2) is 18.1 Å². The smallest absolute Gasteiger partial charge is 0.230 e. The topological polar surface area (TPSA) is 38.3 Å². The second-order valence-electron chi connectivity index (χ2n) is 4.80. The lowest BCUT2D eigenvalue weighted by molar-refractivity contribution is -0.121. The van der Waals surface area contributed by atoms with Crippen molar-refractivity contribution in [3.8, 4) is 0 Å². The highest BCUT2D eigenvalue weighted by Gasteiger charge is 2.44. The van der Waals surface area contributed by atoms with Gasteiger partial charge in [0.1, 0.15) is 5.82 Å². The number of halogens is 2. The third kappa shape index (κ3) is 2.06. The van der Waals surface area contributed by atoms with Gasteiger partial charge in [-0.25, -0.2) is 4.39 Å². The number of anilines is 1. The normalized spacial score (nSPS) is 29.6. The van der Waals surface area contributed by atoms with E-state index in [0.29, 0.717) is 4.47 Å². The molecule has 0 aromatic heterocycles. The molecule has 3 atom stereocenters. The minimum Gasteiger partial charge on any atom is -0.374 e. The first-order valence-electron chi connectivity index (χ1n) is 6.05. The van der Waals surface area contributed by atoms with Gasteiger partial charge in [0.2, 0.25) is 5.91 Å². The molecule has 1 amide bonds. The van der Waals surface area contributed by atoms with Crippen LogP contribution in [0.4, 0.5) is 10.1 Å². The zero-order chi connectivity index (χ0) is 12.7. The molecule has 2 aliphatic rings. The number of fused-ring (bicyclic) bond motifs is 2. The van der Waals surface area contributed by atoms with E-state index in [0.717, 1.165) is 19.3 Å². The van der Waals surface area contributed by atoms with Crippen molar-refractivity contribution in [1.82, 2.24) is 0 Å². The number of benzene rings is 1. The zero-order valence-electron chi connectivity index (χ0n) is 9.66. The van der Waals surface area contributed by atoms with Gasteiger partial charge in [-0.3, -0.25) is 4.79 Å². The minimum absolute atomic E-state index is 0.0144. The largest absolute Gasteiger partial charge is 0.374 e. The third-order valence-corrected chi connectivity index (χ3v) is 4.31. The van der Waals surface area contributed by atoms with Crippen LogP contribution in [0.2, 0.25) is 0 Å². The first-order valence-corrected chi connectivity index (χ1v) is 6.85. The maximum absolute atomic E-state index is 13.6. The highest BCUT2D eigenvalue weighted by molar-refractivity contribution is 9.10. The molecule has 3 nitrogen and oxygen atoms in total. The van der Waals surface area contributed by atoms with Gasteiger partial charge in [-0.2, -0.15) is 0 Å². The summed E-state index contributed by atoms with van der Waals surface area (Å²) >= 11 is 3.24. The van der Waals surface area contributed by atoms with E-state index in [2.05, 4.69) is 21.2 Å². The predicted octanol–water partition coefficient (Wildman–Crippen LogP) is 3.09. The fourth-order valence-corrected chi connectivity index (χ4v) is 3.19. The number of hydrogen-bond acceptors (Lipinski definition) is 2. The Labute approximate surface area is 113 Å². The number of amides is 1. The molecule has 0 unspecified atom stereocenters. The summed E-state index contributed by atoms with van der Waals surface area (Å²) in [5, 5.41) is 2.66. The van der Waals surface area contributed by atoms with Crippen LogP contribution in [0.1, 0.15) is 19.3 Å². The summed E-state index contributed by atoms with van der Waals surface area (Å²) in [6, 6.07) is 4.63. The Hall–Kier alpha value is -0.940. The number of carbonyl (C=O) groups excluding carboxylic acids is 1. The molecule has 3 rings (SSSR count). The van der Waals surface area contributed by atoms with Gasteiger partial charge in [-0.15, -0.1) is 0 Å². The Kier molecular flexibility index (Phi) is 3.11. The summed E-state index contributed by atoms with van der Waals surface area (Å²) in [6.45, 7) is 0. The molecule has 1 aromatic rings. The lowest BCUT2D eigenvalue weighted by Crippen LogP contribution is -2.30. The van der Waals surface area contributed by atoms with Crippen LogP contribution in [0, 0.1) is 11.7 Å². The molecule has 1 N–H and O–H groups in total. The number of carbonyl (C=O) groups is 1. The van der Waals surface area contributed by atoms with Gasteiger partial charge in [0.15, 0.2) is 0 Å². The Balaban J connectivity index is 1.75. The lowest BCUT2D eigenvalue weighted by atomic mass is 9.88. The van der Waals surface area contributed by atoms with Crippen LogP contribution in [0.25, 0.3) is 0 Å². The van der Waals surface area contributed by atoms with Crippen LogP contribution in [0.3, 0.4) is 0 Å². The summed E-state index contributed by atoms with van der Waals surface area (Å²) in [4.78, 5) is 12.1. The number of hydrogen-bond donors (Lipinski definition) is 1. The van der Waals surface area contributed by atoms with E-state index in [1.807, 2.05) is 0 Å². The van der Waals surface area contributed by atoms with E-state index in [4.69, 9.17) is 4.74 Å². The van der Waals surface area contributed by atoms with Crippen molar-refractivity contribution in [3.05, 3.63) is 28.5 Å². The standard InChI is InChI=1S/C13H13BrFNO2/c14-9-2-1-3-10(15)12(9)16-13(17)8-6-7-4-5-11(8)18-7/h1-3,7-8,11H,4-6H2,(H,16,17)/t7-,8+,11-/m1/s1. The van der Waals surface area contributed by atoms with E-state index in [-0.39, 0.29) is 29.7 Å². The number of para-hydroxylation sites is 1. The van der Waals surface area contributed by atoms with Crippen molar-refractivity contribution in [1.29, 1.82) is 0 Å². The molecule has 2 fully saturated rings. The maximum Gasteiger partial charge on any atom is 0.230 e. The van der Waals surface area contributed by atoms with Crippen LogP contribution < -0.4 is 5.32 Å². The fourth-order valence-electron chi connectivity index (χ4n) is 2.75. The molecule has 0 saturated carbocycles. The highest BCUT2D eigenvalue weighted by atomic mass is 79.9. The Morgan fingerprint density at radius 3 is 2.89 bits per heavy atom. The van der Waals surface area contributed by atoms with E-state index < -0.39 is 5.82 Å². The molecule has 5 heteroatoms. The monoisotopic (exact) mass is 313 g/mol. The minimum atomic E-state index is -0.429. The number of rotatable bonds is 2. The average molecular weight is 314 g/mol. The molecule has 2 bridgehead atoms. The zero-order valence-corrected chi connectivity index (χ0v) is 11.2. The second-order valence-corrected chi connectivity index (χ2v) is 5.66. The van der Waals surface area contributed by atoms with Gasteiger partial charge in [0.25, 0.3) is 0 Å². The van der Waals surface area contributed by atoms with Gasteiger partial charge >= 0.3 is 0 Å². The molecule has 0 spiro atoms. The molecular formula is C13H13BrFNO2. The third-order valence-electron chi connectivity index (χ3n) is 3.65. The molecule has 0 radical (unpaired) electrons. The van der Waals surface area contributed by atoms with E-state index in [1.165, 1.54) is 6.07 Å². The molecule has 2 heterocycles. The average Bonchev–Trinajstić information content (AvgIpc) is 2.96. The Bertz CT molecular complexity index is 474. The van der Waals surface area contributed by atoms with Crippen molar-refractivity contribution < 1.29 is 13.9 Å². The number of nitrogens with one attached hydrogen (secondary N) is 1. The van der Waals surface area contributed by atoms with Crippen molar-refractivity contribution in [2.24, 2.45) is 5.92 Å². The lowest BCUT2D eigenvalue weighted by Gasteiger charge is -2.18. The number of ether oxygens (including phenoxy) is 1. The Morgan fingerprint density at radius 1 is 1.44 bits per heavy atom. The first-order chi connectivity index (χ1) is 8.65. The molecule has 1 aromatic carbocycles. The summed E-state index contributed by atoms with van der Waals surface area (Å²) < 4.78 is 19.8. The first kappa shape index (κ1) is 12.1. The van der Waals surface area contributed by atoms with Gasteiger partial charge in [-0.05, 0) is 47.3 Å². The van der Waals surface area contributed by atoms with Gasteiger partial charge < -0.3 is 10.1 Å². The van der Waals surface area contributed by atoms with Gasteiger partial charge in [0, 0.05) is 4.47 Å². The molecule has 96 valence electrons. The van der Waals surface area contributed by atoms with Crippen LogP contribution in [0.15, 0.2) is 22.7 Å². The summed E-state index contributed by atoms with van der Waals surface area (Å²) in [6.07, 6.45) is 2.96.